The van der Waals surface area contributed by atoms with Crippen molar-refractivity contribution >= 4 is 44.8 Å². The van der Waals surface area contributed by atoms with Gasteiger partial charge in [0.05, 0.1) is 5.02 Å². The molecule has 0 fully saturated rings. The zero-order chi connectivity index (χ0) is 14.8. The van der Waals surface area contributed by atoms with E-state index >= 15 is 0 Å². The van der Waals surface area contributed by atoms with E-state index in [1.807, 2.05) is 30.3 Å². The minimum Gasteiger partial charge on any atom is -0.381 e. The van der Waals surface area contributed by atoms with E-state index in [9.17, 15) is 4.79 Å². The number of halogens is 2. The van der Waals surface area contributed by atoms with Gasteiger partial charge in [0, 0.05) is 28.8 Å². The first-order chi connectivity index (χ1) is 10.1. The minimum absolute atomic E-state index is 0.0919. The van der Waals surface area contributed by atoms with Gasteiger partial charge in [-0.05, 0) is 63.8 Å². The Hall–Kier alpha value is -1.52. The zero-order valence-corrected chi connectivity index (χ0v) is 13.6. The molecule has 0 spiro atoms. The smallest absolute Gasteiger partial charge is 0.224 e. The number of carbonyl (C=O) groups is 1. The number of aryl methyl sites for hydroxylation is 1. The second kappa shape index (κ2) is 6.08. The molecule has 0 aromatic heterocycles. The van der Waals surface area contributed by atoms with Gasteiger partial charge >= 0.3 is 0 Å². The molecule has 0 aliphatic carbocycles. The summed E-state index contributed by atoms with van der Waals surface area (Å²) in [6.45, 7) is 0.723. The van der Waals surface area contributed by atoms with E-state index in [4.69, 9.17) is 11.6 Å². The number of carbonyl (C=O) groups excluding carboxylic acids is 1. The summed E-state index contributed by atoms with van der Waals surface area (Å²) in [6, 6.07) is 11.9. The molecule has 0 radical (unpaired) electrons. The third-order valence-corrected chi connectivity index (χ3v) is 4.70. The number of benzene rings is 2. The molecule has 0 saturated carbocycles. The molecule has 2 aromatic carbocycles. The van der Waals surface area contributed by atoms with Crippen LogP contribution in [0.1, 0.15) is 17.5 Å². The van der Waals surface area contributed by atoms with Gasteiger partial charge in [0.1, 0.15) is 0 Å². The highest BCUT2D eigenvalue weighted by atomic mass is 79.9. The second-order valence-corrected chi connectivity index (χ2v) is 6.28. The molecule has 1 amide bonds. The average Bonchev–Trinajstić information content (AvgIpc) is 2.48. The van der Waals surface area contributed by atoms with E-state index < -0.39 is 0 Å². The van der Waals surface area contributed by atoms with Gasteiger partial charge in [0.25, 0.3) is 0 Å². The number of amides is 1. The highest BCUT2D eigenvalue weighted by Gasteiger charge is 2.14. The number of hydrogen-bond acceptors (Lipinski definition) is 2. The van der Waals surface area contributed by atoms with Crippen LogP contribution in [0, 0.1) is 0 Å². The maximum atomic E-state index is 11.3. The van der Waals surface area contributed by atoms with Crippen LogP contribution in [-0.4, -0.2) is 5.91 Å². The predicted octanol–water partition coefficient (Wildman–Crippen LogP) is 4.60. The van der Waals surface area contributed by atoms with Gasteiger partial charge < -0.3 is 10.6 Å². The lowest BCUT2D eigenvalue weighted by atomic mass is 10.0. The number of hydrogen-bond donors (Lipinski definition) is 2. The highest BCUT2D eigenvalue weighted by molar-refractivity contribution is 9.10. The van der Waals surface area contributed by atoms with Crippen LogP contribution in [0.15, 0.2) is 40.9 Å². The molecule has 5 heteroatoms. The van der Waals surface area contributed by atoms with Crippen LogP contribution >= 0.6 is 27.5 Å². The molecule has 21 heavy (non-hydrogen) atoms. The fourth-order valence-electron chi connectivity index (χ4n) is 2.35. The lowest BCUT2D eigenvalue weighted by Gasteiger charge is -2.18. The quantitative estimate of drug-likeness (QED) is 0.834. The number of anilines is 2. The summed E-state index contributed by atoms with van der Waals surface area (Å²) in [5, 5.41) is 6.99. The average molecular weight is 366 g/mol. The van der Waals surface area contributed by atoms with Crippen LogP contribution < -0.4 is 10.6 Å². The van der Waals surface area contributed by atoms with Crippen molar-refractivity contribution in [2.24, 2.45) is 0 Å². The maximum Gasteiger partial charge on any atom is 0.224 e. The number of fused-ring (bicyclic) bond motifs is 1. The summed E-state index contributed by atoms with van der Waals surface area (Å²) < 4.78 is 0.900. The van der Waals surface area contributed by atoms with Crippen molar-refractivity contribution in [3.63, 3.8) is 0 Å². The molecule has 108 valence electrons. The van der Waals surface area contributed by atoms with Crippen molar-refractivity contribution in [1.82, 2.24) is 0 Å². The third kappa shape index (κ3) is 3.39. The summed E-state index contributed by atoms with van der Waals surface area (Å²) in [5.41, 5.74) is 4.30. The van der Waals surface area contributed by atoms with Crippen LogP contribution in [0.3, 0.4) is 0 Å². The number of rotatable bonds is 3. The maximum absolute atomic E-state index is 11.3. The summed E-state index contributed by atoms with van der Waals surface area (Å²) in [4.78, 5) is 11.3. The Labute approximate surface area is 136 Å². The largest absolute Gasteiger partial charge is 0.381 e. The molecule has 1 aliphatic heterocycles. The zero-order valence-electron chi connectivity index (χ0n) is 11.2. The first-order valence-corrected chi connectivity index (χ1v) is 7.89. The molecular formula is C16H14BrClN2O. The Morgan fingerprint density at radius 3 is 2.86 bits per heavy atom. The lowest BCUT2D eigenvalue weighted by molar-refractivity contribution is -0.116. The SMILES string of the molecule is O=C1CCc2cc(NCc3ccc(Cl)c(Br)c3)ccc2N1. The van der Waals surface area contributed by atoms with E-state index in [0.29, 0.717) is 11.4 Å². The fraction of sp³-hybridized carbons (Fsp3) is 0.188. The summed E-state index contributed by atoms with van der Waals surface area (Å²) in [7, 11) is 0. The van der Waals surface area contributed by atoms with Crippen molar-refractivity contribution in [3.05, 3.63) is 57.0 Å². The Kier molecular flexibility index (Phi) is 4.17. The normalized spacial score (nSPS) is 13.5. The predicted molar refractivity (Wildman–Crippen MR) is 89.9 cm³/mol. The Bertz CT molecular complexity index is 703. The first kappa shape index (κ1) is 14.4. The molecule has 0 atom stereocenters. The Morgan fingerprint density at radius 1 is 1.19 bits per heavy atom. The van der Waals surface area contributed by atoms with Gasteiger partial charge in [-0.25, -0.2) is 0 Å². The summed E-state index contributed by atoms with van der Waals surface area (Å²) in [6.07, 6.45) is 1.35. The van der Waals surface area contributed by atoms with E-state index in [0.717, 1.165) is 34.4 Å². The minimum atomic E-state index is 0.0919. The van der Waals surface area contributed by atoms with Gasteiger partial charge in [0.15, 0.2) is 0 Å². The van der Waals surface area contributed by atoms with E-state index in [-0.39, 0.29) is 5.91 Å². The fourth-order valence-corrected chi connectivity index (χ4v) is 2.89. The lowest BCUT2D eigenvalue weighted by Crippen LogP contribution is -2.18. The molecule has 2 aromatic rings. The second-order valence-electron chi connectivity index (χ2n) is 5.02. The number of nitrogens with one attached hydrogen (secondary N) is 2. The molecule has 2 N–H and O–H groups in total. The van der Waals surface area contributed by atoms with Gasteiger partial charge in [0.2, 0.25) is 5.91 Å². The van der Waals surface area contributed by atoms with E-state index in [1.54, 1.807) is 0 Å². The van der Waals surface area contributed by atoms with Crippen LogP contribution in [0.2, 0.25) is 5.02 Å². The standard InChI is InChI=1S/C16H14BrClN2O/c17-13-7-10(1-4-14(13)18)9-19-12-3-5-15-11(8-12)2-6-16(21)20-15/h1,3-5,7-8,19H,2,6,9H2,(H,20,21). The molecule has 3 nitrogen and oxygen atoms in total. The van der Waals surface area contributed by atoms with Gasteiger partial charge in [-0.2, -0.15) is 0 Å². The van der Waals surface area contributed by atoms with Crippen molar-refractivity contribution in [1.29, 1.82) is 0 Å². The third-order valence-electron chi connectivity index (χ3n) is 3.48. The van der Waals surface area contributed by atoms with Crippen molar-refractivity contribution in [3.8, 4) is 0 Å². The van der Waals surface area contributed by atoms with Gasteiger partial charge in [-0.15, -0.1) is 0 Å². The Morgan fingerprint density at radius 2 is 2.05 bits per heavy atom. The topological polar surface area (TPSA) is 41.1 Å². The van der Waals surface area contributed by atoms with Crippen LogP contribution in [0.4, 0.5) is 11.4 Å². The van der Waals surface area contributed by atoms with E-state index in [1.165, 1.54) is 5.56 Å². The molecule has 0 saturated heterocycles. The van der Waals surface area contributed by atoms with Crippen LogP contribution in [0.5, 0.6) is 0 Å². The van der Waals surface area contributed by atoms with Gasteiger partial charge in [-0.3, -0.25) is 4.79 Å². The van der Waals surface area contributed by atoms with Crippen molar-refractivity contribution in [2.45, 2.75) is 19.4 Å². The highest BCUT2D eigenvalue weighted by Crippen LogP contribution is 2.27. The Balaban J connectivity index is 1.71. The molecule has 1 heterocycles. The molecule has 0 bridgehead atoms. The van der Waals surface area contributed by atoms with Crippen molar-refractivity contribution < 1.29 is 4.79 Å². The summed E-state index contributed by atoms with van der Waals surface area (Å²) in [5.74, 6) is 0.0919. The molecule has 1 aliphatic rings. The van der Waals surface area contributed by atoms with Crippen LogP contribution in [0.25, 0.3) is 0 Å². The van der Waals surface area contributed by atoms with Crippen LogP contribution in [-0.2, 0) is 17.8 Å². The first-order valence-electron chi connectivity index (χ1n) is 6.72. The molecule has 3 rings (SSSR count). The van der Waals surface area contributed by atoms with Gasteiger partial charge in [-0.1, -0.05) is 17.7 Å². The van der Waals surface area contributed by atoms with E-state index in [2.05, 4.69) is 32.6 Å². The summed E-state index contributed by atoms with van der Waals surface area (Å²) >= 11 is 9.41. The monoisotopic (exact) mass is 364 g/mol. The molecular weight excluding hydrogens is 352 g/mol. The molecule has 0 unspecified atom stereocenters. The van der Waals surface area contributed by atoms with Crippen molar-refractivity contribution in [2.75, 3.05) is 10.6 Å².